The summed E-state index contributed by atoms with van der Waals surface area (Å²) in [4.78, 5) is 13.3. The Balaban J connectivity index is 2.19. The highest BCUT2D eigenvalue weighted by Crippen LogP contribution is 2.30. The standard InChI is InChI=1S/C16H16N4O/c1-17-15(16-13(21-2)7-4-8-19-16)11-5-3-6-12-14(11)20-10-9-18-12/h3-10,15,17H,1-2H3. The van der Waals surface area contributed by atoms with Crippen LogP contribution in [0.5, 0.6) is 5.75 Å². The number of nitrogens with zero attached hydrogens (tertiary/aromatic N) is 3. The summed E-state index contributed by atoms with van der Waals surface area (Å²) < 4.78 is 5.42. The smallest absolute Gasteiger partial charge is 0.142 e. The van der Waals surface area contributed by atoms with Gasteiger partial charge < -0.3 is 10.1 Å². The lowest BCUT2D eigenvalue weighted by Gasteiger charge is -2.19. The van der Waals surface area contributed by atoms with Crippen molar-refractivity contribution < 1.29 is 4.74 Å². The second-order valence-corrected chi connectivity index (χ2v) is 4.58. The number of benzene rings is 1. The van der Waals surface area contributed by atoms with E-state index in [9.17, 15) is 0 Å². The average Bonchev–Trinajstić information content (AvgIpc) is 2.56. The van der Waals surface area contributed by atoms with Gasteiger partial charge in [-0.15, -0.1) is 0 Å². The van der Waals surface area contributed by atoms with Crippen LogP contribution in [-0.4, -0.2) is 29.1 Å². The summed E-state index contributed by atoms with van der Waals surface area (Å²) in [5, 5.41) is 3.29. The molecule has 3 aromatic rings. The van der Waals surface area contributed by atoms with Crippen LogP contribution >= 0.6 is 0 Å². The predicted molar refractivity (Wildman–Crippen MR) is 81.2 cm³/mol. The molecule has 1 atom stereocenters. The third kappa shape index (κ3) is 2.43. The number of hydrogen-bond donors (Lipinski definition) is 1. The van der Waals surface area contributed by atoms with E-state index in [-0.39, 0.29) is 6.04 Å². The first-order chi connectivity index (χ1) is 10.3. The molecule has 0 amide bonds. The lowest BCUT2D eigenvalue weighted by atomic mass is 10.0. The van der Waals surface area contributed by atoms with Gasteiger partial charge in [-0.25, -0.2) is 0 Å². The summed E-state index contributed by atoms with van der Waals surface area (Å²) in [6.07, 6.45) is 5.16. The van der Waals surface area contributed by atoms with Crippen LogP contribution in [0.2, 0.25) is 0 Å². The minimum absolute atomic E-state index is 0.110. The number of nitrogens with one attached hydrogen (secondary N) is 1. The molecule has 1 unspecified atom stereocenters. The third-order valence-corrected chi connectivity index (χ3v) is 3.42. The van der Waals surface area contributed by atoms with Crippen LogP contribution in [0.3, 0.4) is 0 Å². The molecule has 0 aliphatic carbocycles. The largest absolute Gasteiger partial charge is 0.495 e. The molecule has 1 N–H and O–H groups in total. The van der Waals surface area contributed by atoms with Crippen molar-refractivity contribution in [2.75, 3.05) is 14.2 Å². The zero-order valence-electron chi connectivity index (χ0n) is 11.9. The van der Waals surface area contributed by atoms with Gasteiger partial charge in [0.1, 0.15) is 11.4 Å². The highest BCUT2D eigenvalue weighted by Gasteiger charge is 2.20. The Bertz CT molecular complexity index is 755. The van der Waals surface area contributed by atoms with Gasteiger partial charge in [0.2, 0.25) is 0 Å². The minimum Gasteiger partial charge on any atom is -0.495 e. The number of aromatic nitrogens is 3. The summed E-state index contributed by atoms with van der Waals surface area (Å²) in [5.74, 6) is 0.748. The van der Waals surface area contributed by atoms with Crippen LogP contribution in [0.25, 0.3) is 11.0 Å². The van der Waals surface area contributed by atoms with Crippen LogP contribution in [0.1, 0.15) is 17.3 Å². The number of methoxy groups -OCH3 is 1. The molecule has 2 heterocycles. The quantitative estimate of drug-likeness (QED) is 0.795. The van der Waals surface area contributed by atoms with Gasteiger partial charge in [-0.05, 0) is 25.2 Å². The molecule has 21 heavy (non-hydrogen) atoms. The van der Waals surface area contributed by atoms with Crippen molar-refractivity contribution in [3.63, 3.8) is 0 Å². The number of ether oxygens (including phenoxy) is 1. The molecule has 0 aliphatic heterocycles. The van der Waals surface area contributed by atoms with Gasteiger partial charge in [0.05, 0.1) is 24.2 Å². The van der Waals surface area contributed by atoms with Gasteiger partial charge in [0, 0.05) is 24.2 Å². The molecule has 0 fully saturated rings. The average molecular weight is 280 g/mol. The van der Waals surface area contributed by atoms with Crippen LogP contribution < -0.4 is 10.1 Å². The lowest BCUT2D eigenvalue weighted by Crippen LogP contribution is -2.20. The Morgan fingerprint density at radius 2 is 1.86 bits per heavy atom. The highest BCUT2D eigenvalue weighted by molar-refractivity contribution is 5.78. The van der Waals surface area contributed by atoms with Gasteiger partial charge in [-0.3, -0.25) is 15.0 Å². The first kappa shape index (κ1) is 13.5. The van der Waals surface area contributed by atoms with Crippen molar-refractivity contribution in [1.82, 2.24) is 20.3 Å². The molecule has 106 valence electrons. The number of pyridine rings is 1. The Labute approximate surface area is 123 Å². The molecule has 0 radical (unpaired) electrons. The summed E-state index contributed by atoms with van der Waals surface area (Å²) in [6.45, 7) is 0. The van der Waals surface area contributed by atoms with Gasteiger partial charge in [-0.2, -0.15) is 0 Å². The van der Waals surface area contributed by atoms with Gasteiger partial charge in [0.15, 0.2) is 0 Å². The maximum Gasteiger partial charge on any atom is 0.142 e. The van der Waals surface area contributed by atoms with E-state index in [1.165, 1.54) is 0 Å². The summed E-state index contributed by atoms with van der Waals surface area (Å²) in [6, 6.07) is 9.62. The van der Waals surface area contributed by atoms with Crippen LogP contribution in [0.15, 0.2) is 48.9 Å². The van der Waals surface area contributed by atoms with Gasteiger partial charge in [-0.1, -0.05) is 12.1 Å². The Kier molecular flexibility index (Phi) is 3.75. The second-order valence-electron chi connectivity index (χ2n) is 4.58. The van der Waals surface area contributed by atoms with Crippen molar-refractivity contribution in [2.24, 2.45) is 0 Å². The van der Waals surface area contributed by atoms with Crippen LogP contribution in [-0.2, 0) is 0 Å². The fourth-order valence-electron chi connectivity index (χ4n) is 2.48. The molecule has 1 aromatic carbocycles. The molecular formula is C16H16N4O. The van der Waals surface area contributed by atoms with E-state index in [2.05, 4.69) is 20.3 Å². The zero-order chi connectivity index (χ0) is 14.7. The van der Waals surface area contributed by atoms with Crippen molar-refractivity contribution in [3.8, 4) is 5.75 Å². The summed E-state index contributed by atoms with van der Waals surface area (Å²) in [7, 11) is 3.55. The van der Waals surface area contributed by atoms with Crippen molar-refractivity contribution in [2.45, 2.75) is 6.04 Å². The lowest BCUT2D eigenvalue weighted by molar-refractivity contribution is 0.402. The second kappa shape index (κ2) is 5.85. The molecule has 2 aromatic heterocycles. The van der Waals surface area contributed by atoms with Crippen LogP contribution in [0, 0.1) is 0 Å². The Morgan fingerprint density at radius 1 is 1.00 bits per heavy atom. The number of hydrogen-bond acceptors (Lipinski definition) is 5. The topological polar surface area (TPSA) is 59.9 Å². The third-order valence-electron chi connectivity index (χ3n) is 3.42. The van der Waals surface area contributed by atoms with Crippen molar-refractivity contribution >= 4 is 11.0 Å². The first-order valence-corrected chi connectivity index (χ1v) is 6.71. The zero-order valence-corrected chi connectivity index (χ0v) is 11.9. The molecule has 0 spiro atoms. The molecular weight excluding hydrogens is 264 g/mol. The molecule has 0 saturated heterocycles. The molecule has 0 bridgehead atoms. The van der Waals surface area contributed by atoms with Crippen LogP contribution in [0.4, 0.5) is 0 Å². The van der Waals surface area contributed by atoms with E-state index >= 15 is 0 Å². The van der Waals surface area contributed by atoms with E-state index < -0.39 is 0 Å². The monoisotopic (exact) mass is 280 g/mol. The molecule has 3 rings (SSSR count). The van der Waals surface area contributed by atoms with Crippen molar-refractivity contribution in [3.05, 3.63) is 60.2 Å². The highest BCUT2D eigenvalue weighted by atomic mass is 16.5. The molecule has 5 heteroatoms. The van der Waals surface area contributed by atoms with Crippen molar-refractivity contribution in [1.29, 1.82) is 0 Å². The van der Waals surface area contributed by atoms with E-state index in [4.69, 9.17) is 4.74 Å². The summed E-state index contributed by atoms with van der Waals surface area (Å²) >= 11 is 0. The Morgan fingerprint density at radius 3 is 2.67 bits per heavy atom. The SMILES string of the molecule is CNC(c1ncccc1OC)c1cccc2nccnc12. The normalized spacial score (nSPS) is 12.3. The summed E-state index contributed by atoms with van der Waals surface area (Å²) in [5.41, 5.74) is 3.60. The van der Waals surface area contributed by atoms with Gasteiger partial charge >= 0.3 is 0 Å². The van der Waals surface area contributed by atoms with E-state index in [1.54, 1.807) is 25.7 Å². The maximum atomic E-state index is 5.42. The Hall–Kier alpha value is -2.53. The number of rotatable bonds is 4. The van der Waals surface area contributed by atoms with E-state index in [1.807, 2.05) is 37.4 Å². The van der Waals surface area contributed by atoms with Gasteiger partial charge in [0.25, 0.3) is 0 Å². The predicted octanol–water partition coefficient (Wildman–Crippen LogP) is 2.34. The maximum absolute atomic E-state index is 5.42. The number of fused-ring (bicyclic) bond motifs is 1. The molecule has 5 nitrogen and oxygen atoms in total. The van der Waals surface area contributed by atoms with E-state index in [0.717, 1.165) is 28.0 Å². The first-order valence-electron chi connectivity index (χ1n) is 6.71. The van der Waals surface area contributed by atoms with E-state index in [0.29, 0.717) is 0 Å². The minimum atomic E-state index is -0.110. The fraction of sp³-hybridized carbons (Fsp3) is 0.188. The molecule has 0 aliphatic rings. The molecule has 0 saturated carbocycles. The fourth-order valence-corrected chi connectivity index (χ4v) is 2.48. The number of para-hydroxylation sites is 1.